The van der Waals surface area contributed by atoms with Crippen LogP contribution in [-0.4, -0.2) is 69.1 Å². The molecular weight excluding hydrogens is 446 g/mol. The van der Waals surface area contributed by atoms with Gasteiger partial charge in [0, 0.05) is 31.5 Å². The summed E-state index contributed by atoms with van der Waals surface area (Å²) in [6, 6.07) is 5.95. The van der Waals surface area contributed by atoms with Crippen molar-refractivity contribution in [3.05, 3.63) is 34.4 Å². The summed E-state index contributed by atoms with van der Waals surface area (Å²) in [4.78, 5) is 12.7. The van der Waals surface area contributed by atoms with E-state index in [0.29, 0.717) is 18.0 Å². The van der Waals surface area contributed by atoms with Crippen molar-refractivity contribution in [1.29, 1.82) is 0 Å². The van der Waals surface area contributed by atoms with Gasteiger partial charge in [0.1, 0.15) is 12.4 Å². The summed E-state index contributed by atoms with van der Waals surface area (Å²) >= 11 is 1.44. The summed E-state index contributed by atoms with van der Waals surface area (Å²) in [6.07, 6.45) is 3.77. The molecule has 10 nitrogen and oxygen atoms in total. The van der Waals surface area contributed by atoms with Crippen LogP contribution < -0.4 is 9.64 Å². The number of aliphatic hydroxyl groups excluding tert-OH is 1. The molecule has 2 atom stereocenters. The second kappa shape index (κ2) is 11.2. The molecule has 0 radical (unpaired) electrons. The number of anilines is 1. The number of nitro groups is 1. The Bertz CT molecular complexity index is 928. The molecule has 1 aromatic carbocycles. The molecule has 0 unspecified atom stereocenters. The normalized spacial score (nSPS) is 20.2. The van der Waals surface area contributed by atoms with Crippen molar-refractivity contribution >= 4 is 23.4 Å². The minimum absolute atomic E-state index is 0.0327. The molecule has 2 aromatic rings. The van der Waals surface area contributed by atoms with Crippen molar-refractivity contribution in [3.8, 4) is 5.75 Å². The van der Waals surface area contributed by atoms with Gasteiger partial charge in [-0.3, -0.25) is 14.7 Å². The first-order valence-corrected chi connectivity index (χ1v) is 12.5. The Balaban J connectivity index is 1.37. The lowest BCUT2D eigenvalue weighted by Gasteiger charge is -2.31. The highest BCUT2D eigenvalue weighted by Crippen LogP contribution is 2.28. The number of ether oxygens (including phenoxy) is 2. The second-order valence-corrected chi connectivity index (χ2v) is 9.72. The molecule has 33 heavy (non-hydrogen) atoms. The zero-order valence-electron chi connectivity index (χ0n) is 18.8. The number of rotatable bonds is 10. The first-order valence-electron chi connectivity index (χ1n) is 11.5. The van der Waals surface area contributed by atoms with Crippen LogP contribution in [0.4, 0.5) is 11.6 Å². The smallest absolute Gasteiger partial charge is 0.273 e. The summed E-state index contributed by atoms with van der Waals surface area (Å²) in [7, 11) is 0. The molecule has 180 valence electrons. The maximum absolute atomic E-state index is 10.9. The maximum Gasteiger partial charge on any atom is 0.273 e. The second-order valence-electron chi connectivity index (χ2n) is 8.73. The zero-order valence-corrected chi connectivity index (χ0v) is 19.7. The van der Waals surface area contributed by atoms with E-state index in [1.54, 1.807) is 12.1 Å². The van der Waals surface area contributed by atoms with Crippen molar-refractivity contribution in [2.45, 2.75) is 56.5 Å². The van der Waals surface area contributed by atoms with Gasteiger partial charge < -0.3 is 19.5 Å². The van der Waals surface area contributed by atoms with Crippen molar-refractivity contribution in [1.82, 2.24) is 14.8 Å². The summed E-state index contributed by atoms with van der Waals surface area (Å²) in [6.45, 7) is 5.75. The number of non-ortho nitro benzene ring substituents is 1. The topological polar surface area (TPSA) is 116 Å². The lowest BCUT2D eigenvalue weighted by molar-refractivity contribution is -0.384. The summed E-state index contributed by atoms with van der Waals surface area (Å²) < 4.78 is 13.5. The molecule has 3 heterocycles. The Morgan fingerprint density at radius 3 is 2.88 bits per heavy atom. The van der Waals surface area contributed by atoms with E-state index in [4.69, 9.17) is 9.47 Å². The largest absolute Gasteiger partial charge is 0.491 e. The summed E-state index contributed by atoms with van der Waals surface area (Å²) in [5, 5.41) is 31.0. The highest BCUT2D eigenvalue weighted by atomic mass is 32.2. The number of hydrogen-bond donors (Lipinski definition) is 1. The highest BCUT2D eigenvalue weighted by Gasteiger charge is 2.26. The highest BCUT2D eigenvalue weighted by molar-refractivity contribution is 7.99. The molecule has 0 saturated carbocycles. The monoisotopic (exact) mass is 477 g/mol. The van der Waals surface area contributed by atoms with Crippen molar-refractivity contribution < 1.29 is 19.5 Å². The third-order valence-corrected chi connectivity index (χ3v) is 7.16. The fourth-order valence-corrected chi connectivity index (χ4v) is 4.93. The maximum atomic E-state index is 10.9. The quantitative estimate of drug-likeness (QED) is 0.313. The minimum Gasteiger partial charge on any atom is -0.491 e. The molecular formula is C22H31N5O5S. The van der Waals surface area contributed by atoms with Crippen LogP contribution in [0.3, 0.4) is 0 Å². The molecule has 2 fully saturated rings. The van der Waals surface area contributed by atoms with Gasteiger partial charge in [-0.1, -0.05) is 24.8 Å². The number of aliphatic hydroxyl groups is 1. The number of aromatic nitrogens is 3. The Hall–Kier alpha value is -2.37. The number of nitro benzene ring substituents is 1. The number of hydrogen-bond acceptors (Lipinski definition) is 9. The molecule has 2 saturated heterocycles. The molecule has 0 spiro atoms. The molecule has 1 N–H and O–H groups in total. The van der Waals surface area contributed by atoms with Crippen LogP contribution >= 0.6 is 11.8 Å². The van der Waals surface area contributed by atoms with E-state index >= 15 is 0 Å². The van der Waals surface area contributed by atoms with Crippen molar-refractivity contribution in [2.24, 2.45) is 5.92 Å². The average Bonchev–Trinajstić information content (AvgIpc) is 3.47. The van der Waals surface area contributed by atoms with Gasteiger partial charge in [-0.05, 0) is 37.7 Å². The first-order chi connectivity index (χ1) is 16.0. The molecule has 2 aliphatic rings. The van der Waals surface area contributed by atoms with Gasteiger partial charge in [-0.25, -0.2) is 0 Å². The molecule has 2 aliphatic heterocycles. The third-order valence-electron chi connectivity index (χ3n) is 6.05. The standard InChI is InChI=1S/C22H31N5O5S/c1-16-7-9-25(10-8-16)21-23-24-22(26(21)13-20-6-3-11-31-20)33-15-18(28)14-32-19-5-2-4-17(12-19)27(29)30/h2,4-5,12,16,18,20,28H,3,6-11,13-15H2,1H3/t18-,20+/m0/s1. The summed E-state index contributed by atoms with van der Waals surface area (Å²) in [5.74, 6) is 2.33. The molecule has 0 aliphatic carbocycles. The number of benzene rings is 1. The van der Waals surface area contributed by atoms with Gasteiger partial charge in [0.25, 0.3) is 5.69 Å². The number of thioether (sulfide) groups is 1. The van der Waals surface area contributed by atoms with Crippen molar-refractivity contribution in [3.63, 3.8) is 0 Å². The Morgan fingerprint density at radius 1 is 1.33 bits per heavy atom. The molecule has 0 bridgehead atoms. The third kappa shape index (κ3) is 6.36. The van der Waals surface area contributed by atoms with Crippen LogP contribution in [0, 0.1) is 16.0 Å². The minimum atomic E-state index is -0.763. The lowest BCUT2D eigenvalue weighted by atomic mass is 10.00. The summed E-state index contributed by atoms with van der Waals surface area (Å²) in [5.41, 5.74) is -0.0433. The Morgan fingerprint density at radius 2 is 2.15 bits per heavy atom. The van der Waals surface area contributed by atoms with E-state index in [-0.39, 0.29) is 18.4 Å². The molecule has 1 aromatic heterocycles. The van der Waals surface area contributed by atoms with Gasteiger partial charge >= 0.3 is 0 Å². The van der Waals surface area contributed by atoms with Crippen molar-refractivity contribution in [2.75, 3.05) is 37.0 Å². The zero-order chi connectivity index (χ0) is 23.2. The van der Waals surface area contributed by atoms with E-state index in [9.17, 15) is 15.2 Å². The van der Waals surface area contributed by atoms with Crippen LogP contribution in [0.1, 0.15) is 32.6 Å². The molecule has 11 heteroatoms. The average molecular weight is 478 g/mol. The van der Waals surface area contributed by atoms with Gasteiger partial charge in [-0.15, -0.1) is 10.2 Å². The van der Waals surface area contributed by atoms with Gasteiger partial charge in [-0.2, -0.15) is 0 Å². The van der Waals surface area contributed by atoms with Gasteiger partial charge in [0.05, 0.1) is 29.7 Å². The van der Waals surface area contributed by atoms with E-state index in [0.717, 1.165) is 62.4 Å². The van der Waals surface area contributed by atoms with Crippen LogP contribution in [0.25, 0.3) is 0 Å². The van der Waals surface area contributed by atoms with E-state index in [2.05, 4.69) is 26.6 Å². The van der Waals surface area contributed by atoms with E-state index in [1.807, 2.05) is 0 Å². The Kier molecular flexibility index (Phi) is 8.05. The van der Waals surface area contributed by atoms with Gasteiger partial charge in [0.15, 0.2) is 5.16 Å². The van der Waals surface area contributed by atoms with E-state index < -0.39 is 11.0 Å². The van der Waals surface area contributed by atoms with Crippen LogP contribution in [0.2, 0.25) is 0 Å². The van der Waals surface area contributed by atoms with Crippen LogP contribution in [0.15, 0.2) is 29.4 Å². The van der Waals surface area contributed by atoms with E-state index in [1.165, 1.54) is 23.9 Å². The van der Waals surface area contributed by atoms with Crippen LogP contribution in [0.5, 0.6) is 5.75 Å². The molecule has 4 rings (SSSR count). The number of piperidine rings is 1. The fraction of sp³-hybridized carbons (Fsp3) is 0.636. The van der Waals surface area contributed by atoms with Gasteiger partial charge in [0.2, 0.25) is 5.95 Å². The van der Waals surface area contributed by atoms with Crippen LogP contribution in [-0.2, 0) is 11.3 Å². The lowest BCUT2D eigenvalue weighted by Crippen LogP contribution is -2.35. The number of nitrogens with zero attached hydrogens (tertiary/aromatic N) is 5. The SMILES string of the molecule is CC1CCN(c2nnc(SC[C@@H](O)COc3cccc([N+](=O)[O-])c3)n2C[C@H]2CCCO2)CC1. The first kappa shape index (κ1) is 23.8. The fourth-order valence-electron chi connectivity index (χ4n) is 4.08. The predicted molar refractivity (Wildman–Crippen MR) is 125 cm³/mol. The predicted octanol–water partition coefficient (Wildman–Crippen LogP) is 3.13. The molecule has 0 amide bonds. The Labute approximate surface area is 197 Å².